The molecule has 2 atom stereocenters. The number of halogens is 3. The molecular weight excluding hydrogens is 339 g/mol. The topological polar surface area (TPSA) is 77.8 Å². The van der Waals surface area contributed by atoms with Gasteiger partial charge in [0.05, 0.1) is 5.56 Å². The van der Waals surface area contributed by atoms with Crippen LogP contribution < -0.4 is 0 Å². The molecule has 2 fully saturated rings. The molecule has 1 heterocycles. The number of amides is 1. The van der Waals surface area contributed by atoms with Crippen molar-refractivity contribution < 1.29 is 33.0 Å². The average molecular weight is 357 g/mol. The number of hydrogen-bond acceptors (Lipinski definition) is 3. The normalized spacial score (nSPS) is 25.5. The summed E-state index contributed by atoms with van der Waals surface area (Å²) in [4.78, 5) is 25.0. The second kappa shape index (κ2) is 6.01. The predicted molar refractivity (Wildman–Crippen MR) is 80.7 cm³/mol. The van der Waals surface area contributed by atoms with Crippen molar-refractivity contribution in [2.45, 2.75) is 37.0 Å². The number of carboxylic acids is 1. The summed E-state index contributed by atoms with van der Waals surface area (Å²) in [5.41, 5.74) is -2.04. The molecule has 2 aliphatic rings. The van der Waals surface area contributed by atoms with Crippen molar-refractivity contribution in [3.63, 3.8) is 0 Å². The van der Waals surface area contributed by atoms with Gasteiger partial charge in [-0.1, -0.05) is 18.2 Å². The van der Waals surface area contributed by atoms with Crippen LogP contribution in [-0.4, -0.2) is 45.7 Å². The second-order valence-corrected chi connectivity index (χ2v) is 6.73. The summed E-state index contributed by atoms with van der Waals surface area (Å²) >= 11 is 0. The Morgan fingerprint density at radius 3 is 2.40 bits per heavy atom. The first-order valence-electron chi connectivity index (χ1n) is 8.03. The zero-order valence-corrected chi connectivity index (χ0v) is 13.3. The molecule has 136 valence electrons. The van der Waals surface area contributed by atoms with Crippen LogP contribution in [0.4, 0.5) is 13.2 Å². The highest BCUT2D eigenvalue weighted by Crippen LogP contribution is 2.49. The number of carboxylic acid groups (broad SMARTS) is 1. The summed E-state index contributed by atoms with van der Waals surface area (Å²) in [6, 6.07) is 5.01. The summed E-state index contributed by atoms with van der Waals surface area (Å²) in [5.74, 6) is -2.10. The molecule has 25 heavy (non-hydrogen) atoms. The second-order valence-electron chi connectivity index (χ2n) is 6.73. The molecule has 1 aromatic rings. The van der Waals surface area contributed by atoms with Crippen LogP contribution in [0.3, 0.4) is 0 Å². The minimum atomic E-state index is -4.42. The lowest BCUT2D eigenvalue weighted by Gasteiger charge is -2.35. The monoisotopic (exact) mass is 357 g/mol. The number of carbonyl (C=O) groups excluding carboxylic acids is 1. The van der Waals surface area contributed by atoms with Gasteiger partial charge in [-0.2, -0.15) is 13.2 Å². The number of alkyl halides is 3. The fraction of sp³-hybridized carbons (Fsp3) is 0.529. The Kier molecular flexibility index (Phi) is 4.26. The number of hydrogen-bond donors (Lipinski definition) is 2. The molecule has 1 amide bonds. The van der Waals surface area contributed by atoms with Crippen LogP contribution in [0.2, 0.25) is 0 Å². The number of aliphatic hydroxyl groups is 1. The van der Waals surface area contributed by atoms with Crippen molar-refractivity contribution in [2.24, 2.45) is 5.92 Å². The summed E-state index contributed by atoms with van der Waals surface area (Å²) in [6.07, 6.45) is -4.03. The number of nitrogens with zero attached hydrogens (tertiary/aromatic N) is 1. The van der Waals surface area contributed by atoms with E-state index in [4.69, 9.17) is 5.11 Å². The molecule has 1 aliphatic heterocycles. The molecule has 1 aliphatic carbocycles. The van der Waals surface area contributed by atoms with Crippen molar-refractivity contribution in [2.75, 3.05) is 13.1 Å². The van der Waals surface area contributed by atoms with E-state index >= 15 is 0 Å². The lowest BCUT2D eigenvalue weighted by molar-refractivity contribution is -0.165. The van der Waals surface area contributed by atoms with Crippen LogP contribution >= 0.6 is 0 Å². The lowest BCUT2D eigenvalue weighted by atomic mass is 9.91. The molecule has 8 heteroatoms. The highest BCUT2D eigenvalue weighted by molar-refractivity contribution is 5.84. The van der Waals surface area contributed by atoms with Crippen molar-refractivity contribution in [3.05, 3.63) is 35.4 Å². The summed E-state index contributed by atoms with van der Waals surface area (Å²) in [5, 5.41) is 18.9. The van der Waals surface area contributed by atoms with Gasteiger partial charge < -0.3 is 15.1 Å². The molecule has 2 unspecified atom stereocenters. The van der Waals surface area contributed by atoms with E-state index in [2.05, 4.69) is 0 Å². The highest BCUT2D eigenvalue weighted by Gasteiger charge is 2.48. The standard InChI is InChI=1S/C17H18F3NO4/c18-17(19,20)11-3-1-2-10(8-11)12-9-13(12)14(22)21-6-4-16(25,5-7-21)15(23)24/h1-3,8,12-13,25H,4-7,9H2,(H,23,24). The third kappa shape index (κ3) is 3.49. The van der Waals surface area contributed by atoms with Gasteiger partial charge in [-0.25, -0.2) is 4.79 Å². The average Bonchev–Trinajstić information content (AvgIpc) is 3.35. The summed E-state index contributed by atoms with van der Waals surface area (Å²) in [6.45, 7) is 0.265. The fourth-order valence-corrected chi connectivity index (χ4v) is 3.33. The quantitative estimate of drug-likeness (QED) is 0.870. The Balaban J connectivity index is 1.63. The van der Waals surface area contributed by atoms with E-state index in [9.17, 15) is 27.9 Å². The van der Waals surface area contributed by atoms with Gasteiger partial charge in [0, 0.05) is 31.8 Å². The Hall–Kier alpha value is -2.09. The number of rotatable bonds is 3. The Labute approximate surface area is 142 Å². The molecule has 1 saturated heterocycles. The largest absolute Gasteiger partial charge is 0.479 e. The highest BCUT2D eigenvalue weighted by atomic mass is 19.4. The third-order valence-corrected chi connectivity index (χ3v) is 5.05. The SMILES string of the molecule is O=C(C1CC1c1cccc(C(F)(F)F)c1)N1CCC(O)(C(=O)O)CC1. The molecule has 0 aromatic heterocycles. The van der Waals surface area contributed by atoms with Gasteiger partial charge in [0.15, 0.2) is 5.60 Å². The first kappa shape index (κ1) is 17.7. The molecule has 2 N–H and O–H groups in total. The Morgan fingerprint density at radius 1 is 1.20 bits per heavy atom. The molecule has 0 spiro atoms. The third-order valence-electron chi connectivity index (χ3n) is 5.05. The minimum absolute atomic E-state index is 0.0466. The maximum atomic E-state index is 12.8. The molecule has 1 aromatic carbocycles. The maximum absolute atomic E-state index is 12.8. The number of likely N-dealkylation sites (tertiary alicyclic amines) is 1. The number of carbonyl (C=O) groups is 2. The zero-order chi connectivity index (χ0) is 18.4. The van der Waals surface area contributed by atoms with Crippen LogP contribution in [0.5, 0.6) is 0 Å². The van der Waals surface area contributed by atoms with Crippen LogP contribution in [-0.2, 0) is 15.8 Å². The molecule has 0 bridgehead atoms. The number of piperidine rings is 1. The maximum Gasteiger partial charge on any atom is 0.416 e. The van der Waals surface area contributed by atoms with Gasteiger partial charge in [0.1, 0.15) is 0 Å². The van der Waals surface area contributed by atoms with Crippen LogP contribution in [0, 0.1) is 5.92 Å². The van der Waals surface area contributed by atoms with Gasteiger partial charge in [-0.15, -0.1) is 0 Å². The fourth-order valence-electron chi connectivity index (χ4n) is 3.33. The molecule has 1 saturated carbocycles. The minimum Gasteiger partial charge on any atom is -0.479 e. The van der Waals surface area contributed by atoms with E-state index in [0.29, 0.717) is 12.0 Å². The van der Waals surface area contributed by atoms with Crippen molar-refractivity contribution >= 4 is 11.9 Å². The summed E-state index contributed by atoms with van der Waals surface area (Å²) < 4.78 is 38.4. The van der Waals surface area contributed by atoms with Crippen molar-refractivity contribution in [1.82, 2.24) is 4.90 Å². The molecule has 5 nitrogen and oxygen atoms in total. The van der Waals surface area contributed by atoms with Gasteiger partial charge in [0.2, 0.25) is 5.91 Å². The molecule has 0 radical (unpaired) electrons. The van der Waals surface area contributed by atoms with Crippen LogP contribution in [0.1, 0.15) is 36.3 Å². The van der Waals surface area contributed by atoms with Gasteiger partial charge in [0.25, 0.3) is 0 Å². The van der Waals surface area contributed by atoms with Gasteiger partial charge >= 0.3 is 12.1 Å². The van der Waals surface area contributed by atoms with Gasteiger partial charge in [-0.05, 0) is 24.0 Å². The van der Waals surface area contributed by atoms with Crippen molar-refractivity contribution in [1.29, 1.82) is 0 Å². The van der Waals surface area contributed by atoms with Crippen LogP contribution in [0.15, 0.2) is 24.3 Å². The first-order valence-corrected chi connectivity index (χ1v) is 8.03. The van der Waals surface area contributed by atoms with E-state index in [1.807, 2.05) is 0 Å². The summed E-state index contributed by atoms with van der Waals surface area (Å²) in [7, 11) is 0. The zero-order valence-electron chi connectivity index (χ0n) is 13.3. The molecule has 3 rings (SSSR count). The van der Waals surface area contributed by atoms with E-state index in [-0.39, 0.29) is 43.7 Å². The van der Waals surface area contributed by atoms with Gasteiger partial charge in [-0.3, -0.25) is 4.79 Å². The smallest absolute Gasteiger partial charge is 0.416 e. The lowest BCUT2D eigenvalue weighted by Crippen LogP contribution is -2.51. The number of benzene rings is 1. The Morgan fingerprint density at radius 2 is 1.84 bits per heavy atom. The van der Waals surface area contributed by atoms with E-state index in [1.165, 1.54) is 11.0 Å². The van der Waals surface area contributed by atoms with E-state index in [0.717, 1.165) is 12.1 Å². The first-order chi connectivity index (χ1) is 11.6. The van der Waals surface area contributed by atoms with Crippen LogP contribution in [0.25, 0.3) is 0 Å². The number of aliphatic carboxylic acids is 1. The Bertz CT molecular complexity index is 695. The van der Waals surface area contributed by atoms with E-state index in [1.54, 1.807) is 6.07 Å². The van der Waals surface area contributed by atoms with E-state index < -0.39 is 23.3 Å². The van der Waals surface area contributed by atoms with Crippen molar-refractivity contribution in [3.8, 4) is 0 Å². The predicted octanol–water partition coefficient (Wildman–Crippen LogP) is 2.25. The molecular formula is C17H18F3NO4.